The van der Waals surface area contributed by atoms with E-state index in [0.717, 1.165) is 54.2 Å². The van der Waals surface area contributed by atoms with E-state index in [1.807, 2.05) is 34.8 Å². The number of benzene rings is 1. The molecule has 3 fully saturated rings. The minimum atomic E-state index is -0.413. The zero-order valence-corrected chi connectivity index (χ0v) is 15.0. The lowest BCUT2D eigenvalue weighted by molar-refractivity contribution is -0.180. The number of amides is 1. The van der Waals surface area contributed by atoms with Crippen molar-refractivity contribution in [2.24, 2.45) is 7.05 Å². The van der Waals surface area contributed by atoms with E-state index in [4.69, 9.17) is 21.4 Å². The van der Waals surface area contributed by atoms with Gasteiger partial charge in [-0.1, -0.05) is 17.7 Å². The van der Waals surface area contributed by atoms with Crippen LogP contribution >= 0.6 is 11.6 Å². The molecule has 0 bridgehead atoms. The number of ether oxygens (including phenoxy) is 1. The van der Waals surface area contributed by atoms with Gasteiger partial charge in [0.05, 0.1) is 28.9 Å². The lowest BCUT2D eigenvalue weighted by Gasteiger charge is -2.42. The van der Waals surface area contributed by atoms with E-state index in [1.165, 1.54) is 0 Å². The Balaban J connectivity index is 1.49. The molecule has 132 valence electrons. The molecule has 5 rings (SSSR count). The number of carbonyl (C=O) groups excluding carboxylic acids is 1. The molecule has 1 spiro atoms. The maximum absolute atomic E-state index is 12.5. The van der Waals surface area contributed by atoms with Crippen LogP contribution in [0.1, 0.15) is 25.0 Å². The molecule has 2 atom stereocenters. The van der Waals surface area contributed by atoms with E-state index < -0.39 is 5.72 Å². The summed E-state index contributed by atoms with van der Waals surface area (Å²) >= 11 is 6.45. The molecule has 0 unspecified atom stereocenters. The Kier molecular flexibility index (Phi) is 3.39. The molecule has 2 aromatic rings. The highest BCUT2D eigenvalue weighted by Gasteiger charge is 2.60. The van der Waals surface area contributed by atoms with Gasteiger partial charge in [-0.25, -0.2) is 0 Å². The molecule has 25 heavy (non-hydrogen) atoms. The molecule has 0 radical (unpaired) electrons. The standard InChI is InChI=1S/C18H21ClN4O2/c1-21-14-5-2-4-12(19)17(14)13(20-21)11-22-8-6-18-15(22)10-16(24)23(18)7-3-9-25-18/h2,4-5,15H,3,6-11H2,1H3/t15-,18+/m1/s1. The predicted molar refractivity (Wildman–Crippen MR) is 94.2 cm³/mol. The van der Waals surface area contributed by atoms with Crippen LogP contribution in [-0.4, -0.2) is 57.0 Å². The Morgan fingerprint density at radius 3 is 3.16 bits per heavy atom. The fourth-order valence-electron chi connectivity index (χ4n) is 4.88. The van der Waals surface area contributed by atoms with Gasteiger partial charge in [-0.3, -0.25) is 14.4 Å². The number of rotatable bonds is 2. The average Bonchev–Trinajstić information content (AvgIpc) is 3.19. The molecule has 0 N–H and O–H groups in total. The van der Waals surface area contributed by atoms with Gasteiger partial charge in [-0.05, 0) is 18.6 Å². The van der Waals surface area contributed by atoms with Crippen LogP contribution in [0.4, 0.5) is 0 Å². The molecule has 1 amide bonds. The van der Waals surface area contributed by atoms with Crippen molar-refractivity contribution in [2.45, 2.75) is 37.6 Å². The normalized spacial score (nSPS) is 29.4. The quantitative estimate of drug-likeness (QED) is 0.823. The van der Waals surface area contributed by atoms with Crippen molar-refractivity contribution in [2.75, 3.05) is 19.7 Å². The van der Waals surface area contributed by atoms with Crippen molar-refractivity contribution in [3.8, 4) is 0 Å². The number of halogens is 1. The van der Waals surface area contributed by atoms with E-state index in [9.17, 15) is 4.79 Å². The van der Waals surface area contributed by atoms with Crippen LogP contribution in [0.2, 0.25) is 5.02 Å². The van der Waals surface area contributed by atoms with Gasteiger partial charge in [-0.15, -0.1) is 0 Å². The maximum atomic E-state index is 12.5. The first kappa shape index (κ1) is 15.6. The van der Waals surface area contributed by atoms with Crippen molar-refractivity contribution >= 4 is 28.4 Å². The van der Waals surface area contributed by atoms with Gasteiger partial charge >= 0.3 is 0 Å². The number of fused-ring (bicyclic) bond motifs is 1. The summed E-state index contributed by atoms with van der Waals surface area (Å²) in [4.78, 5) is 16.8. The minimum absolute atomic E-state index is 0.111. The first-order valence-electron chi connectivity index (χ1n) is 8.89. The first-order valence-corrected chi connectivity index (χ1v) is 9.26. The van der Waals surface area contributed by atoms with Crippen molar-refractivity contribution in [1.29, 1.82) is 0 Å². The highest BCUT2D eigenvalue weighted by molar-refractivity contribution is 6.35. The summed E-state index contributed by atoms with van der Waals surface area (Å²) in [6, 6.07) is 6.00. The molecule has 1 aromatic heterocycles. The van der Waals surface area contributed by atoms with Gasteiger partial charge in [0.1, 0.15) is 0 Å². The lowest BCUT2D eigenvalue weighted by atomic mass is 10.0. The largest absolute Gasteiger partial charge is 0.354 e. The Bertz CT molecular complexity index is 866. The summed E-state index contributed by atoms with van der Waals surface area (Å²) in [5, 5.41) is 6.44. The fourth-order valence-corrected chi connectivity index (χ4v) is 5.16. The van der Waals surface area contributed by atoms with Gasteiger partial charge in [0, 0.05) is 44.9 Å². The Morgan fingerprint density at radius 2 is 2.28 bits per heavy atom. The van der Waals surface area contributed by atoms with Crippen molar-refractivity contribution in [1.82, 2.24) is 19.6 Å². The molecular formula is C18H21ClN4O2. The molecule has 1 aromatic carbocycles. The minimum Gasteiger partial charge on any atom is -0.354 e. The fraction of sp³-hybridized carbons (Fsp3) is 0.556. The van der Waals surface area contributed by atoms with Gasteiger partial charge in [0.15, 0.2) is 5.72 Å². The monoisotopic (exact) mass is 360 g/mol. The summed E-state index contributed by atoms with van der Waals surface area (Å²) in [5.74, 6) is 0.221. The molecule has 3 aliphatic rings. The maximum Gasteiger partial charge on any atom is 0.226 e. The van der Waals surface area contributed by atoms with Crippen molar-refractivity contribution in [3.05, 3.63) is 28.9 Å². The van der Waals surface area contributed by atoms with E-state index in [0.29, 0.717) is 13.0 Å². The summed E-state index contributed by atoms with van der Waals surface area (Å²) < 4.78 is 8.06. The Labute approximate surface area is 151 Å². The molecule has 3 aliphatic heterocycles. The van der Waals surface area contributed by atoms with Gasteiger partial charge in [0.2, 0.25) is 5.91 Å². The number of aromatic nitrogens is 2. The molecule has 7 heteroatoms. The average molecular weight is 361 g/mol. The second-order valence-corrected chi connectivity index (χ2v) is 7.64. The van der Waals surface area contributed by atoms with Gasteiger partial charge in [-0.2, -0.15) is 5.10 Å². The number of hydrogen-bond donors (Lipinski definition) is 0. The third-order valence-electron chi connectivity index (χ3n) is 5.98. The SMILES string of the molecule is Cn1nc(CN2CC[C@@]34OCCCN3C(=O)C[C@@H]24)c2c(Cl)cccc21. The van der Waals surface area contributed by atoms with Crippen LogP contribution in [0.5, 0.6) is 0 Å². The van der Waals surface area contributed by atoms with Crippen LogP contribution in [0.25, 0.3) is 10.9 Å². The zero-order chi connectivity index (χ0) is 17.2. The van der Waals surface area contributed by atoms with E-state index in [2.05, 4.69) is 4.90 Å². The lowest BCUT2D eigenvalue weighted by Crippen LogP contribution is -2.56. The molecule has 0 aliphatic carbocycles. The van der Waals surface area contributed by atoms with Crippen molar-refractivity contribution < 1.29 is 9.53 Å². The predicted octanol–water partition coefficient (Wildman–Crippen LogP) is 2.15. The summed E-state index contributed by atoms with van der Waals surface area (Å²) in [5.41, 5.74) is 1.60. The van der Waals surface area contributed by atoms with E-state index in [1.54, 1.807) is 0 Å². The number of nitrogens with zero attached hydrogens (tertiary/aromatic N) is 4. The second-order valence-electron chi connectivity index (χ2n) is 7.24. The molecule has 3 saturated heterocycles. The third-order valence-corrected chi connectivity index (χ3v) is 6.29. The zero-order valence-electron chi connectivity index (χ0n) is 14.2. The van der Waals surface area contributed by atoms with Gasteiger partial charge < -0.3 is 9.64 Å². The van der Waals surface area contributed by atoms with Gasteiger partial charge in [0.25, 0.3) is 0 Å². The topological polar surface area (TPSA) is 50.6 Å². The van der Waals surface area contributed by atoms with Crippen LogP contribution in [0, 0.1) is 0 Å². The van der Waals surface area contributed by atoms with Crippen LogP contribution in [-0.2, 0) is 23.1 Å². The number of carbonyl (C=O) groups is 1. The smallest absolute Gasteiger partial charge is 0.226 e. The number of aryl methyl sites for hydroxylation is 1. The van der Waals surface area contributed by atoms with Crippen LogP contribution in [0.15, 0.2) is 18.2 Å². The van der Waals surface area contributed by atoms with E-state index >= 15 is 0 Å². The highest BCUT2D eigenvalue weighted by Crippen LogP contribution is 2.45. The number of hydrogen-bond acceptors (Lipinski definition) is 4. The molecule has 0 saturated carbocycles. The van der Waals surface area contributed by atoms with Crippen molar-refractivity contribution in [3.63, 3.8) is 0 Å². The Hall–Kier alpha value is -1.63. The summed E-state index contributed by atoms with van der Waals surface area (Å²) in [6.07, 6.45) is 2.35. The number of likely N-dealkylation sites (tertiary alicyclic amines) is 1. The first-order chi connectivity index (χ1) is 12.1. The molecule has 4 heterocycles. The van der Waals surface area contributed by atoms with Crippen LogP contribution < -0.4 is 0 Å². The van der Waals surface area contributed by atoms with E-state index in [-0.39, 0.29) is 11.9 Å². The molecule has 6 nitrogen and oxygen atoms in total. The van der Waals surface area contributed by atoms with Crippen LogP contribution in [0.3, 0.4) is 0 Å². The third kappa shape index (κ3) is 2.11. The summed E-state index contributed by atoms with van der Waals surface area (Å²) in [7, 11) is 1.94. The Morgan fingerprint density at radius 1 is 1.40 bits per heavy atom. The second kappa shape index (κ2) is 5.43. The summed E-state index contributed by atoms with van der Waals surface area (Å²) in [6.45, 7) is 3.17. The molecular weight excluding hydrogens is 340 g/mol. The highest BCUT2D eigenvalue weighted by atomic mass is 35.5.